The van der Waals surface area contributed by atoms with Crippen LogP contribution in [0.3, 0.4) is 0 Å². The Labute approximate surface area is 223 Å². The monoisotopic (exact) mass is 499 g/mol. The fourth-order valence-corrected chi connectivity index (χ4v) is 4.27. The Bertz CT molecular complexity index is 1550. The van der Waals surface area contributed by atoms with E-state index in [1.54, 1.807) is 6.21 Å². The van der Waals surface area contributed by atoms with Crippen molar-refractivity contribution < 1.29 is 9.53 Å². The number of nitrogens with one attached hydrogen (secondary N) is 1. The maximum Gasteiger partial charge on any atom is 0.271 e. The normalized spacial score (nSPS) is 11.0. The summed E-state index contributed by atoms with van der Waals surface area (Å²) >= 11 is 0. The molecule has 0 aliphatic carbocycles. The van der Waals surface area contributed by atoms with E-state index in [0.717, 1.165) is 33.8 Å². The van der Waals surface area contributed by atoms with Crippen molar-refractivity contribution in [2.75, 3.05) is 0 Å². The van der Waals surface area contributed by atoms with Crippen molar-refractivity contribution in [3.05, 3.63) is 143 Å². The molecule has 0 radical (unpaired) electrons. The molecule has 38 heavy (non-hydrogen) atoms. The van der Waals surface area contributed by atoms with Crippen molar-refractivity contribution in [2.45, 2.75) is 20.5 Å². The third-order valence-corrected chi connectivity index (χ3v) is 6.34. The molecular weight excluding hydrogens is 470 g/mol. The van der Waals surface area contributed by atoms with Crippen LogP contribution in [0.5, 0.6) is 5.75 Å². The summed E-state index contributed by atoms with van der Waals surface area (Å²) < 4.78 is 8.18. The van der Waals surface area contributed by atoms with Gasteiger partial charge in [0.2, 0.25) is 0 Å². The lowest BCUT2D eigenvalue weighted by Gasteiger charge is -2.13. The van der Waals surface area contributed by atoms with E-state index in [4.69, 9.17) is 4.74 Å². The van der Waals surface area contributed by atoms with Crippen LogP contribution in [0.4, 0.5) is 0 Å². The Morgan fingerprint density at radius 1 is 0.816 bits per heavy atom. The third-order valence-electron chi connectivity index (χ3n) is 6.34. The van der Waals surface area contributed by atoms with Crippen molar-refractivity contribution >= 4 is 12.1 Å². The number of carbonyl (C=O) groups is 1. The van der Waals surface area contributed by atoms with Crippen LogP contribution in [0, 0.1) is 13.8 Å². The highest BCUT2D eigenvalue weighted by Crippen LogP contribution is 2.26. The number of ether oxygens (including phenoxy) is 1. The van der Waals surface area contributed by atoms with Crippen LogP contribution >= 0.6 is 0 Å². The zero-order valence-electron chi connectivity index (χ0n) is 21.5. The number of amides is 1. The van der Waals surface area contributed by atoms with Gasteiger partial charge in [0.25, 0.3) is 5.91 Å². The number of carbonyl (C=O) groups excluding carboxylic acids is 1. The molecule has 0 saturated heterocycles. The van der Waals surface area contributed by atoms with Gasteiger partial charge in [-0.1, -0.05) is 72.3 Å². The Hall–Kier alpha value is -4.90. The summed E-state index contributed by atoms with van der Waals surface area (Å²) in [5.41, 5.74) is 10.6. The summed E-state index contributed by atoms with van der Waals surface area (Å²) in [5, 5.41) is 4.18. The number of hydrazone groups is 1. The molecule has 1 N–H and O–H groups in total. The first-order valence-electron chi connectivity index (χ1n) is 12.5. The van der Waals surface area contributed by atoms with E-state index in [1.807, 2.05) is 66.7 Å². The quantitative estimate of drug-likeness (QED) is 0.183. The van der Waals surface area contributed by atoms with Crippen LogP contribution in [0.2, 0.25) is 0 Å². The molecule has 0 spiro atoms. The average Bonchev–Trinajstić information content (AvgIpc) is 3.35. The van der Waals surface area contributed by atoms with E-state index in [-0.39, 0.29) is 5.91 Å². The Kier molecular flexibility index (Phi) is 7.46. The van der Waals surface area contributed by atoms with Crippen molar-refractivity contribution in [3.8, 4) is 22.7 Å². The van der Waals surface area contributed by atoms with E-state index in [9.17, 15) is 4.79 Å². The number of nitrogens with zero attached hydrogens (tertiary/aromatic N) is 2. The van der Waals surface area contributed by atoms with E-state index in [0.29, 0.717) is 17.9 Å². The number of para-hydroxylation sites is 1. The van der Waals surface area contributed by atoms with Gasteiger partial charge in [-0.05, 0) is 73.5 Å². The lowest BCUT2D eigenvalue weighted by Crippen LogP contribution is -2.17. The minimum absolute atomic E-state index is 0.279. The van der Waals surface area contributed by atoms with Gasteiger partial charge in [-0.25, -0.2) is 5.43 Å². The van der Waals surface area contributed by atoms with E-state index in [2.05, 4.69) is 77.5 Å². The molecule has 5 aromatic rings. The lowest BCUT2D eigenvalue weighted by molar-refractivity contribution is 0.0955. The molecule has 0 unspecified atom stereocenters. The zero-order chi connectivity index (χ0) is 26.3. The molecule has 5 rings (SSSR count). The zero-order valence-corrected chi connectivity index (χ0v) is 21.5. The molecule has 1 heterocycles. The average molecular weight is 500 g/mol. The number of aryl methyl sites for hydroxylation is 2. The first-order chi connectivity index (χ1) is 18.6. The van der Waals surface area contributed by atoms with Crippen LogP contribution in [0.15, 0.2) is 120 Å². The molecule has 4 aromatic carbocycles. The number of benzene rings is 4. The second-order valence-electron chi connectivity index (χ2n) is 9.12. The van der Waals surface area contributed by atoms with Gasteiger partial charge in [-0.15, -0.1) is 0 Å². The van der Waals surface area contributed by atoms with Gasteiger partial charge in [-0.2, -0.15) is 5.10 Å². The van der Waals surface area contributed by atoms with E-state index in [1.165, 1.54) is 5.56 Å². The molecule has 0 atom stereocenters. The highest BCUT2D eigenvalue weighted by molar-refractivity contribution is 5.95. The summed E-state index contributed by atoms with van der Waals surface area (Å²) in [5.74, 6) is 0.421. The third kappa shape index (κ3) is 5.73. The van der Waals surface area contributed by atoms with Crippen LogP contribution in [-0.2, 0) is 6.61 Å². The highest BCUT2D eigenvalue weighted by atomic mass is 16.5. The lowest BCUT2D eigenvalue weighted by atomic mass is 10.1. The van der Waals surface area contributed by atoms with Crippen LogP contribution < -0.4 is 10.2 Å². The predicted octanol–water partition coefficient (Wildman–Crippen LogP) is 7.10. The van der Waals surface area contributed by atoms with Crippen molar-refractivity contribution in [1.82, 2.24) is 9.99 Å². The van der Waals surface area contributed by atoms with Gasteiger partial charge in [0.05, 0.1) is 11.9 Å². The summed E-state index contributed by atoms with van der Waals surface area (Å²) in [6.45, 7) is 4.59. The molecule has 5 nitrogen and oxygen atoms in total. The van der Waals surface area contributed by atoms with Crippen molar-refractivity contribution in [3.63, 3.8) is 0 Å². The molecule has 1 aromatic heterocycles. The highest BCUT2D eigenvalue weighted by Gasteiger charge is 2.11. The fourth-order valence-electron chi connectivity index (χ4n) is 4.27. The second-order valence-corrected chi connectivity index (χ2v) is 9.12. The molecule has 0 aliphatic rings. The van der Waals surface area contributed by atoms with Gasteiger partial charge in [0.15, 0.2) is 0 Å². The topological polar surface area (TPSA) is 55.6 Å². The minimum atomic E-state index is -0.279. The molecule has 0 fully saturated rings. The Balaban J connectivity index is 1.25. The smallest absolute Gasteiger partial charge is 0.271 e. The summed E-state index contributed by atoms with van der Waals surface area (Å²) in [7, 11) is 0. The summed E-state index contributed by atoms with van der Waals surface area (Å²) in [4.78, 5) is 12.7. The number of aromatic nitrogens is 1. The van der Waals surface area contributed by atoms with Gasteiger partial charge < -0.3 is 9.30 Å². The molecule has 0 aliphatic heterocycles. The molecular formula is C33H29N3O2. The van der Waals surface area contributed by atoms with Crippen LogP contribution in [0.25, 0.3) is 16.9 Å². The summed E-state index contributed by atoms with van der Waals surface area (Å²) in [6, 6.07) is 37.9. The number of rotatable bonds is 8. The first kappa shape index (κ1) is 24.8. The predicted molar refractivity (Wildman–Crippen MR) is 153 cm³/mol. The Morgan fingerprint density at radius 3 is 2.29 bits per heavy atom. The Morgan fingerprint density at radius 2 is 1.53 bits per heavy atom. The molecule has 188 valence electrons. The summed E-state index contributed by atoms with van der Waals surface area (Å²) in [6.07, 6.45) is 1.60. The SMILES string of the molecule is Cc1ccc(COc2ccccc2/C=N/NC(=O)c2ccc(-n3c(C)ccc3-c3ccccc3)cc2)cc1. The molecule has 5 heteroatoms. The molecule has 1 amide bonds. The number of hydrogen-bond acceptors (Lipinski definition) is 3. The standard InChI is InChI=1S/C33H29N3O2/c1-24-12-15-26(16-13-24)23-38-32-11-7-6-10-29(32)22-34-35-33(37)28-17-19-30(20-18-28)36-25(2)14-21-31(36)27-8-4-3-5-9-27/h3-22H,23H2,1-2H3,(H,35,37)/b34-22+. The maximum atomic E-state index is 12.7. The minimum Gasteiger partial charge on any atom is -0.488 e. The van der Waals surface area contributed by atoms with Gasteiger partial charge in [-0.3, -0.25) is 4.79 Å². The van der Waals surface area contributed by atoms with Gasteiger partial charge >= 0.3 is 0 Å². The van der Waals surface area contributed by atoms with Crippen LogP contribution in [0.1, 0.15) is 32.7 Å². The van der Waals surface area contributed by atoms with Crippen molar-refractivity contribution in [1.29, 1.82) is 0 Å². The first-order valence-corrected chi connectivity index (χ1v) is 12.5. The van der Waals surface area contributed by atoms with E-state index >= 15 is 0 Å². The molecule has 0 saturated carbocycles. The second kappa shape index (κ2) is 11.4. The van der Waals surface area contributed by atoms with Gasteiger partial charge in [0, 0.05) is 22.5 Å². The van der Waals surface area contributed by atoms with E-state index < -0.39 is 0 Å². The number of hydrogen-bond donors (Lipinski definition) is 1. The maximum absolute atomic E-state index is 12.7. The largest absolute Gasteiger partial charge is 0.488 e. The molecule has 0 bridgehead atoms. The fraction of sp³-hybridized carbons (Fsp3) is 0.0909. The van der Waals surface area contributed by atoms with Crippen LogP contribution in [-0.4, -0.2) is 16.7 Å². The van der Waals surface area contributed by atoms with Gasteiger partial charge in [0.1, 0.15) is 12.4 Å². The van der Waals surface area contributed by atoms with Crippen molar-refractivity contribution in [2.24, 2.45) is 5.10 Å².